The minimum atomic E-state index is -0.879. The normalized spacial score (nSPS) is 12.8. The second-order valence-electron chi connectivity index (χ2n) is 7.13. The van der Waals surface area contributed by atoms with Crippen molar-refractivity contribution in [2.75, 3.05) is 0 Å². The number of benzene rings is 1. The molecule has 1 amide bonds. The Morgan fingerprint density at radius 3 is 2.08 bits per heavy atom. The van der Waals surface area contributed by atoms with Crippen LogP contribution in [0.1, 0.15) is 69.3 Å². The van der Waals surface area contributed by atoms with Crippen LogP contribution in [0.2, 0.25) is 0 Å². The SMILES string of the molecule is CC(C)C(=O)c1ccc(C(C)C(=O)NC(C)(C)CCC(=O)O)cc1. The van der Waals surface area contributed by atoms with E-state index in [-0.39, 0.29) is 29.9 Å². The molecule has 0 heterocycles. The molecule has 0 aliphatic heterocycles. The van der Waals surface area contributed by atoms with Crippen LogP contribution >= 0.6 is 0 Å². The highest BCUT2D eigenvalue weighted by Gasteiger charge is 2.25. The summed E-state index contributed by atoms with van der Waals surface area (Å²) in [7, 11) is 0. The second kappa shape index (κ2) is 8.08. The lowest BCUT2D eigenvalue weighted by Crippen LogP contribution is -2.45. The van der Waals surface area contributed by atoms with Crippen LogP contribution < -0.4 is 5.32 Å². The molecule has 132 valence electrons. The Morgan fingerprint density at radius 1 is 1.08 bits per heavy atom. The monoisotopic (exact) mass is 333 g/mol. The first-order chi connectivity index (χ1) is 11.0. The van der Waals surface area contributed by atoms with Gasteiger partial charge in [-0.2, -0.15) is 0 Å². The van der Waals surface area contributed by atoms with E-state index in [1.54, 1.807) is 31.2 Å². The standard InChI is InChI=1S/C19H27NO4/c1-12(2)17(23)15-8-6-14(7-9-15)13(3)18(24)20-19(4,5)11-10-16(21)22/h6-9,12-13H,10-11H2,1-5H3,(H,20,24)(H,21,22). The zero-order valence-electron chi connectivity index (χ0n) is 15.1. The van der Waals surface area contributed by atoms with Crippen molar-refractivity contribution in [3.05, 3.63) is 35.4 Å². The highest BCUT2D eigenvalue weighted by atomic mass is 16.4. The van der Waals surface area contributed by atoms with Gasteiger partial charge in [0.25, 0.3) is 0 Å². The Balaban J connectivity index is 2.75. The zero-order chi connectivity index (χ0) is 18.5. The number of carbonyl (C=O) groups is 3. The van der Waals surface area contributed by atoms with Crippen LogP contribution in [0.4, 0.5) is 0 Å². The summed E-state index contributed by atoms with van der Waals surface area (Å²) in [5.74, 6) is -1.40. The van der Waals surface area contributed by atoms with E-state index >= 15 is 0 Å². The molecule has 1 aromatic rings. The van der Waals surface area contributed by atoms with Crippen LogP contribution in [0.15, 0.2) is 24.3 Å². The average Bonchev–Trinajstić information content (AvgIpc) is 2.51. The van der Waals surface area contributed by atoms with Crippen molar-refractivity contribution in [3.63, 3.8) is 0 Å². The molecule has 0 fully saturated rings. The van der Waals surface area contributed by atoms with Crippen LogP contribution in [0.3, 0.4) is 0 Å². The van der Waals surface area contributed by atoms with Gasteiger partial charge in [0.05, 0.1) is 5.92 Å². The summed E-state index contributed by atoms with van der Waals surface area (Å²) < 4.78 is 0. The Kier molecular flexibility index (Phi) is 6.70. The minimum Gasteiger partial charge on any atom is -0.481 e. The number of amides is 1. The van der Waals surface area contributed by atoms with Crippen molar-refractivity contribution in [2.24, 2.45) is 5.92 Å². The Hall–Kier alpha value is -2.17. The van der Waals surface area contributed by atoms with Crippen LogP contribution in [-0.2, 0) is 9.59 Å². The zero-order valence-corrected chi connectivity index (χ0v) is 15.1. The smallest absolute Gasteiger partial charge is 0.303 e. The molecule has 0 spiro atoms. The number of carbonyl (C=O) groups excluding carboxylic acids is 2. The fourth-order valence-electron chi connectivity index (χ4n) is 2.34. The fraction of sp³-hybridized carbons (Fsp3) is 0.526. The number of rotatable bonds is 8. The first kappa shape index (κ1) is 19.9. The van der Waals surface area contributed by atoms with E-state index < -0.39 is 11.5 Å². The number of Topliss-reactive ketones (excluding diaryl/α,β-unsaturated/α-hetero) is 1. The number of carboxylic acids is 1. The molecular weight excluding hydrogens is 306 g/mol. The molecule has 2 N–H and O–H groups in total. The van der Waals surface area contributed by atoms with Crippen LogP contribution in [-0.4, -0.2) is 28.3 Å². The minimum absolute atomic E-state index is 0.00761. The van der Waals surface area contributed by atoms with E-state index in [9.17, 15) is 14.4 Å². The molecule has 5 nitrogen and oxygen atoms in total. The number of hydrogen-bond acceptors (Lipinski definition) is 3. The average molecular weight is 333 g/mol. The van der Waals surface area contributed by atoms with Crippen molar-refractivity contribution in [1.82, 2.24) is 5.32 Å². The first-order valence-electron chi connectivity index (χ1n) is 8.21. The van der Waals surface area contributed by atoms with Gasteiger partial charge in [-0.15, -0.1) is 0 Å². The molecule has 1 aromatic carbocycles. The third kappa shape index (κ3) is 5.80. The Morgan fingerprint density at radius 2 is 1.62 bits per heavy atom. The van der Waals surface area contributed by atoms with E-state index in [4.69, 9.17) is 5.11 Å². The predicted molar refractivity (Wildman–Crippen MR) is 93.1 cm³/mol. The summed E-state index contributed by atoms with van der Waals surface area (Å²) in [5, 5.41) is 11.7. The van der Waals surface area contributed by atoms with Gasteiger partial charge >= 0.3 is 5.97 Å². The van der Waals surface area contributed by atoms with Crippen molar-refractivity contribution in [2.45, 2.75) is 58.9 Å². The van der Waals surface area contributed by atoms with Crippen molar-refractivity contribution >= 4 is 17.7 Å². The van der Waals surface area contributed by atoms with Crippen LogP contribution in [0.25, 0.3) is 0 Å². The van der Waals surface area contributed by atoms with E-state index in [1.807, 2.05) is 27.7 Å². The third-order valence-electron chi connectivity index (χ3n) is 4.04. The summed E-state index contributed by atoms with van der Waals surface area (Å²) in [6, 6.07) is 7.09. The Labute approximate surface area is 143 Å². The Bertz CT molecular complexity index is 602. The quantitative estimate of drug-likeness (QED) is 0.714. The summed E-state index contributed by atoms with van der Waals surface area (Å²) in [5.41, 5.74) is 0.877. The van der Waals surface area contributed by atoms with Crippen molar-refractivity contribution in [3.8, 4) is 0 Å². The van der Waals surface area contributed by atoms with Gasteiger partial charge in [0, 0.05) is 23.4 Å². The summed E-state index contributed by atoms with van der Waals surface area (Å²) in [6.07, 6.45) is 0.371. The molecular formula is C19H27NO4. The lowest BCUT2D eigenvalue weighted by Gasteiger charge is -2.27. The highest BCUT2D eigenvalue weighted by molar-refractivity contribution is 5.97. The molecule has 0 aromatic heterocycles. The van der Waals surface area contributed by atoms with Gasteiger partial charge in [-0.05, 0) is 32.8 Å². The van der Waals surface area contributed by atoms with Crippen LogP contribution in [0.5, 0.6) is 0 Å². The van der Waals surface area contributed by atoms with Gasteiger partial charge < -0.3 is 10.4 Å². The van der Waals surface area contributed by atoms with E-state index in [0.29, 0.717) is 12.0 Å². The maximum absolute atomic E-state index is 12.4. The van der Waals surface area contributed by atoms with Gasteiger partial charge in [-0.25, -0.2) is 0 Å². The molecule has 0 aliphatic carbocycles. The number of carboxylic acid groups (broad SMARTS) is 1. The topological polar surface area (TPSA) is 83.5 Å². The largest absolute Gasteiger partial charge is 0.481 e. The fourth-order valence-corrected chi connectivity index (χ4v) is 2.34. The molecule has 1 unspecified atom stereocenters. The number of aliphatic carboxylic acids is 1. The van der Waals surface area contributed by atoms with E-state index in [2.05, 4.69) is 5.32 Å². The molecule has 0 aliphatic rings. The van der Waals surface area contributed by atoms with Gasteiger partial charge in [0.2, 0.25) is 5.91 Å². The maximum Gasteiger partial charge on any atom is 0.303 e. The third-order valence-corrected chi connectivity index (χ3v) is 4.04. The van der Waals surface area contributed by atoms with Gasteiger partial charge in [-0.3, -0.25) is 14.4 Å². The van der Waals surface area contributed by atoms with E-state index in [1.165, 1.54) is 0 Å². The highest BCUT2D eigenvalue weighted by Crippen LogP contribution is 2.20. The lowest BCUT2D eigenvalue weighted by atomic mass is 9.93. The van der Waals surface area contributed by atoms with Gasteiger partial charge in [0.1, 0.15) is 0 Å². The first-order valence-corrected chi connectivity index (χ1v) is 8.21. The summed E-state index contributed by atoms with van der Waals surface area (Å²) in [6.45, 7) is 9.12. The molecule has 1 rings (SSSR count). The summed E-state index contributed by atoms with van der Waals surface area (Å²) in [4.78, 5) is 35.0. The maximum atomic E-state index is 12.4. The molecule has 24 heavy (non-hydrogen) atoms. The predicted octanol–water partition coefficient (Wildman–Crippen LogP) is 3.39. The van der Waals surface area contributed by atoms with Crippen molar-refractivity contribution in [1.29, 1.82) is 0 Å². The van der Waals surface area contributed by atoms with E-state index in [0.717, 1.165) is 5.56 Å². The van der Waals surface area contributed by atoms with Gasteiger partial charge in [0.15, 0.2) is 5.78 Å². The number of nitrogens with one attached hydrogen (secondary N) is 1. The second-order valence-corrected chi connectivity index (χ2v) is 7.13. The lowest BCUT2D eigenvalue weighted by molar-refractivity contribution is -0.137. The molecule has 0 saturated carbocycles. The number of ketones is 1. The number of hydrogen-bond donors (Lipinski definition) is 2. The molecule has 5 heteroatoms. The molecule has 0 saturated heterocycles. The summed E-state index contributed by atoms with van der Waals surface area (Å²) >= 11 is 0. The molecule has 1 atom stereocenters. The van der Waals surface area contributed by atoms with Crippen LogP contribution in [0, 0.1) is 5.92 Å². The molecule has 0 bridgehead atoms. The van der Waals surface area contributed by atoms with Crippen molar-refractivity contribution < 1.29 is 19.5 Å². The van der Waals surface area contributed by atoms with Gasteiger partial charge in [-0.1, -0.05) is 38.1 Å². The molecule has 0 radical (unpaired) electrons.